The monoisotopic (exact) mass is 480 g/mol. The van der Waals surface area contributed by atoms with Crippen molar-refractivity contribution in [1.82, 2.24) is 10.0 Å². The second-order valence-corrected chi connectivity index (χ2v) is 12.7. The lowest BCUT2D eigenvalue weighted by molar-refractivity contribution is -0.0688. The fourth-order valence-electron chi connectivity index (χ4n) is 7.08. The number of halogens is 1. The molecule has 176 valence electrons. The molecule has 4 saturated carbocycles. The number of hydrogen-bond acceptors (Lipinski definition) is 4. The molecule has 5 fully saturated rings. The Morgan fingerprint density at radius 3 is 2.44 bits per heavy atom. The van der Waals surface area contributed by atoms with Crippen LogP contribution in [0.1, 0.15) is 68.6 Å². The van der Waals surface area contributed by atoms with Gasteiger partial charge in [-0.3, -0.25) is 4.79 Å². The van der Waals surface area contributed by atoms with Gasteiger partial charge in [0.05, 0.1) is 11.1 Å². The quantitative estimate of drug-likeness (QED) is 0.614. The van der Waals surface area contributed by atoms with Gasteiger partial charge in [0.1, 0.15) is 4.90 Å². The number of hydrogen-bond donors (Lipinski definition) is 2. The molecule has 5 aliphatic rings. The number of nitrogens with one attached hydrogen (secondary N) is 2. The standard InChI is InChI=1S/C24H33ClN2O4S/c1-15(24-11-16-7-17(12-24)9-18(8-16)13-24)27-23(28)19-4-5-21(25)22(10-19)32(29,30)26-14-20-3-2-6-31-20/h4-5,10,15-18,20,26H,2-3,6-9,11-14H2,1H3,(H,27,28)/t15-,16?,17?,18?,20-,24?/m0/s1. The van der Waals surface area contributed by atoms with Gasteiger partial charge in [0.15, 0.2) is 0 Å². The molecule has 6 nitrogen and oxygen atoms in total. The van der Waals surface area contributed by atoms with Crippen molar-refractivity contribution in [3.05, 3.63) is 28.8 Å². The van der Waals surface area contributed by atoms with E-state index in [0.29, 0.717) is 12.2 Å². The van der Waals surface area contributed by atoms with Crippen LogP contribution in [0.25, 0.3) is 0 Å². The highest BCUT2D eigenvalue weighted by Crippen LogP contribution is 2.61. The van der Waals surface area contributed by atoms with E-state index in [4.69, 9.17) is 16.3 Å². The molecular weight excluding hydrogens is 448 g/mol. The minimum Gasteiger partial charge on any atom is -0.377 e. The molecule has 6 rings (SSSR count). The number of benzene rings is 1. The third-order valence-corrected chi connectivity index (χ3v) is 10.3. The molecule has 0 unspecified atom stereocenters. The highest BCUT2D eigenvalue weighted by Gasteiger charge is 2.53. The lowest BCUT2D eigenvalue weighted by Crippen LogP contribution is -2.55. The highest BCUT2D eigenvalue weighted by atomic mass is 35.5. The van der Waals surface area contributed by atoms with Crippen LogP contribution >= 0.6 is 11.6 Å². The Kier molecular flexibility index (Phi) is 6.06. The van der Waals surface area contributed by atoms with Gasteiger partial charge in [-0.15, -0.1) is 0 Å². The fraction of sp³-hybridized carbons (Fsp3) is 0.708. The van der Waals surface area contributed by atoms with Crippen LogP contribution in [-0.4, -0.2) is 39.6 Å². The van der Waals surface area contributed by atoms with E-state index in [-0.39, 0.29) is 39.9 Å². The number of rotatable bonds is 7. The van der Waals surface area contributed by atoms with Gasteiger partial charge < -0.3 is 10.1 Å². The average molecular weight is 481 g/mol. The predicted octanol–water partition coefficient (Wildman–Crippen LogP) is 4.13. The van der Waals surface area contributed by atoms with Crippen molar-refractivity contribution >= 4 is 27.5 Å². The summed E-state index contributed by atoms with van der Waals surface area (Å²) >= 11 is 6.22. The van der Waals surface area contributed by atoms with Gasteiger partial charge in [0.25, 0.3) is 5.91 Å². The summed E-state index contributed by atoms with van der Waals surface area (Å²) in [5.41, 5.74) is 0.512. The van der Waals surface area contributed by atoms with Crippen molar-refractivity contribution in [2.24, 2.45) is 23.2 Å². The summed E-state index contributed by atoms with van der Waals surface area (Å²) in [5.74, 6) is 2.19. The molecule has 4 bridgehead atoms. The zero-order valence-corrected chi connectivity index (χ0v) is 20.2. The lowest BCUT2D eigenvalue weighted by Gasteiger charge is -2.59. The van der Waals surface area contributed by atoms with E-state index >= 15 is 0 Å². The van der Waals surface area contributed by atoms with E-state index in [1.54, 1.807) is 6.07 Å². The van der Waals surface area contributed by atoms with Crippen molar-refractivity contribution in [3.63, 3.8) is 0 Å². The zero-order valence-electron chi connectivity index (χ0n) is 18.6. The summed E-state index contributed by atoms with van der Waals surface area (Å²) in [6.45, 7) is 2.99. The van der Waals surface area contributed by atoms with E-state index < -0.39 is 10.0 Å². The average Bonchev–Trinajstić information content (AvgIpc) is 3.25. The summed E-state index contributed by atoms with van der Waals surface area (Å²) < 4.78 is 33.8. The van der Waals surface area contributed by atoms with Crippen molar-refractivity contribution in [2.75, 3.05) is 13.2 Å². The maximum atomic E-state index is 13.1. The van der Waals surface area contributed by atoms with Crippen LogP contribution in [-0.2, 0) is 14.8 Å². The second-order valence-electron chi connectivity index (χ2n) is 10.6. The molecule has 1 saturated heterocycles. The molecule has 4 aliphatic carbocycles. The first-order valence-corrected chi connectivity index (χ1v) is 13.8. The third-order valence-electron chi connectivity index (χ3n) is 8.36. The molecule has 1 aromatic carbocycles. The normalized spacial score (nSPS) is 34.6. The minimum atomic E-state index is -3.84. The molecule has 0 spiro atoms. The van der Waals surface area contributed by atoms with Crippen molar-refractivity contribution < 1.29 is 17.9 Å². The first kappa shape index (κ1) is 22.6. The van der Waals surface area contributed by atoms with E-state index in [0.717, 1.165) is 30.6 Å². The molecule has 0 aromatic heterocycles. The Labute approximate surface area is 195 Å². The Morgan fingerprint density at radius 2 is 1.84 bits per heavy atom. The maximum absolute atomic E-state index is 13.1. The molecule has 1 heterocycles. The number of ether oxygens (including phenoxy) is 1. The zero-order chi connectivity index (χ0) is 22.5. The summed E-state index contributed by atoms with van der Waals surface area (Å²) in [4.78, 5) is 13.1. The number of sulfonamides is 1. The van der Waals surface area contributed by atoms with E-state index in [1.807, 2.05) is 0 Å². The molecular formula is C24H33ClN2O4S. The molecule has 32 heavy (non-hydrogen) atoms. The first-order chi connectivity index (χ1) is 15.2. The van der Waals surface area contributed by atoms with Crippen LogP contribution < -0.4 is 10.0 Å². The van der Waals surface area contributed by atoms with Gasteiger partial charge in [-0.2, -0.15) is 0 Å². The Hall–Kier alpha value is -1.15. The van der Waals surface area contributed by atoms with Gasteiger partial charge in [-0.05, 0) is 99.7 Å². The van der Waals surface area contributed by atoms with Crippen molar-refractivity contribution in [1.29, 1.82) is 0 Å². The van der Waals surface area contributed by atoms with Crippen LogP contribution in [0, 0.1) is 23.2 Å². The van der Waals surface area contributed by atoms with Crippen LogP contribution in [0.5, 0.6) is 0 Å². The molecule has 8 heteroatoms. The maximum Gasteiger partial charge on any atom is 0.251 e. The second kappa shape index (κ2) is 8.57. The SMILES string of the molecule is C[C@H](NC(=O)c1ccc(Cl)c(S(=O)(=O)NC[C@@H]2CCCO2)c1)C12CC3CC(CC(C3)C1)C2. The van der Waals surface area contributed by atoms with Gasteiger partial charge >= 0.3 is 0 Å². The van der Waals surface area contributed by atoms with Crippen molar-refractivity contribution in [2.45, 2.75) is 75.3 Å². The van der Waals surface area contributed by atoms with Crippen molar-refractivity contribution in [3.8, 4) is 0 Å². The summed E-state index contributed by atoms with van der Waals surface area (Å²) in [7, 11) is -3.84. The third kappa shape index (κ3) is 4.33. The van der Waals surface area contributed by atoms with E-state index in [2.05, 4.69) is 17.0 Å². The smallest absolute Gasteiger partial charge is 0.251 e. The predicted molar refractivity (Wildman–Crippen MR) is 123 cm³/mol. The van der Waals surface area contributed by atoms with Crippen LogP contribution in [0.4, 0.5) is 0 Å². The molecule has 2 N–H and O–H groups in total. The molecule has 2 atom stereocenters. The summed E-state index contributed by atoms with van der Waals surface area (Å²) in [6.07, 6.45) is 9.34. The molecule has 0 radical (unpaired) electrons. The minimum absolute atomic E-state index is 0.0627. The number of carbonyl (C=O) groups excluding carboxylic acids is 1. The highest BCUT2D eigenvalue weighted by molar-refractivity contribution is 7.89. The summed E-state index contributed by atoms with van der Waals surface area (Å²) in [5, 5.41) is 3.32. The fourth-order valence-corrected chi connectivity index (χ4v) is 8.67. The van der Waals surface area contributed by atoms with Crippen LogP contribution in [0.2, 0.25) is 5.02 Å². The molecule has 1 aromatic rings. The molecule has 1 amide bonds. The van der Waals surface area contributed by atoms with Crippen LogP contribution in [0.3, 0.4) is 0 Å². The van der Waals surface area contributed by atoms with E-state index in [1.165, 1.54) is 50.7 Å². The van der Waals surface area contributed by atoms with Gasteiger partial charge in [-0.25, -0.2) is 13.1 Å². The van der Waals surface area contributed by atoms with E-state index in [9.17, 15) is 13.2 Å². The first-order valence-electron chi connectivity index (χ1n) is 12.0. The van der Waals surface area contributed by atoms with Crippen LogP contribution in [0.15, 0.2) is 23.1 Å². The Balaban J connectivity index is 1.29. The largest absolute Gasteiger partial charge is 0.377 e. The topological polar surface area (TPSA) is 84.5 Å². The number of amides is 1. The van der Waals surface area contributed by atoms with Gasteiger partial charge in [0.2, 0.25) is 10.0 Å². The number of carbonyl (C=O) groups is 1. The van der Waals surface area contributed by atoms with Gasteiger partial charge in [0, 0.05) is 24.8 Å². The Bertz CT molecular complexity index is 954. The Morgan fingerprint density at radius 1 is 1.19 bits per heavy atom. The van der Waals surface area contributed by atoms with Gasteiger partial charge in [-0.1, -0.05) is 11.6 Å². The lowest BCUT2D eigenvalue weighted by atomic mass is 9.48. The summed E-state index contributed by atoms with van der Waals surface area (Å²) in [6, 6.07) is 4.55. The molecule has 1 aliphatic heterocycles.